The van der Waals surface area contributed by atoms with Gasteiger partial charge in [-0.2, -0.15) is 5.26 Å². The van der Waals surface area contributed by atoms with Crippen LogP contribution in [0.4, 0.5) is 4.79 Å². The van der Waals surface area contributed by atoms with Crippen molar-refractivity contribution in [2.24, 2.45) is 0 Å². The van der Waals surface area contributed by atoms with Crippen LogP contribution >= 0.6 is 0 Å². The van der Waals surface area contributed by atoms with Crippen molar-refractivity contribution in [2.75, 3.05) is 0 Å². The predicted molar refractivity (Wildman–Crippen MR) is 50.7 cm³/mol. The van der Waals surface area contributed by atoms with Gasteiger partial charge in [-0.05, 0) is 0 Å². The molecule has 0 unspecified atom stereocenters. The molecule has 0 aliphatic rings. The minimum atomic E-state index is -0.463. The van der Waals surface area contributed by atoms with Gasteiger partial charge in [0, 0.05) is 6.20 Å². The molecule has 0 aliphatic carbocycles. The van der Waals surface area contributed by atoms with Gasteiger partial charge in [0.25, 0.3) is 0 Å². The lowest BCUT2D eigenvalue weighted by molar-refractivity contribution is 0.111. The molecule has 7 heteroatoms. The number of imidazole rings is 2. The molecule has 0 N–H and O–H groups in total. The Kier molecular flexibility index (Phi) is 2.31. The molecule has 0 aromatic carbocycles. The van der Waals surface area contributed by atoms with Gasteiger partial charge in [0.05, 0.1) is 6.20 Å². The van der Waals surface area contributed by atoms with Gasteiger partial charge in [-0.3, -0.25) is 13.9 Å². The van der Waals surface area contributed by atoms with E-state index in [0.29, 0.717) is 6.29 Å². The number of aldehydes is 1. The summed E-state index contributed by atoms with van der Waals surface area (Å²) in [6, 6.07) is 1.34. The van der Waals surface area contributed by atoms with Crippen molar-refractivity contribution in [3.8, 4) is 6.07 Å². The van der Waals surface area contributed by atoms with Gasteiger partial charge in [0.15, 0.2) is 12.0 Å². The standard InChI is InChI=1S/C9H5N5O2/c10-1-7-2-13(5-11-7)9(16)14-3-8(4-15)12-6-14/h2-6H. The van der Waals surface area contributed by atoms with Crippen molar-refractivity contribution in [3.05, 3.63) is 36.4 Å². The van der Waals surface area contributed by atoms with E-state index >= 15 is 0 Å². The van der Waals surface area contributed by atoms with Crippen LogP contribution in [0.5, 0.6) is 0 Å². The zero-order chi connectivity index (χ0) is 11.5. The third-order valence-electron chi connectivity index (χ3n) is 1.86. The fourth-order valence-corrected chi connectivity index (χ4v) is 1.12. The zero-order valence-electron chi connectivity index (χ0n) is 7.94. The third kappa shape index (κ3) is 1.59. The van der Waals surface area contributed by atoms with E-state index < -0.39 is 6.03 Å². The molecule has 0 amide bonds. The Morgan fingerprint density at radius 2 is 2.00 bits per heavy atom. The molecule has 16 heavy (non-hydrogen) atoms. The van der Waals surface area contributed by atoms with E-state index in [1.165, 1.54) is 25.0 Å². The quantitative estimate of drug-likeness (QED) is 0.637. The number of aromatic nitrogens is 4. The molecule has 0 atom stereocenters. The van der Waals surface area contributed by atoms with Crippen molar-refractivity contribution in [2.45, 2.75) is 0 Å². The summed E-state index contributed by atoms with van der Waals surface area (Å²) in [5, 5.41) is 8.54. The molecule has 0 aliphatic heterocycles. The molecule has 0 bridgehead atoms. The molecule has 7 nitrogen and oxygen atoms in total. The van der Waals surface area contributed by atoms with Gasteiger partial charge in [-0.25, -0.2) is 14.8 Å². The molecule has 2 rings (SSSR count). The predicted octanol–water partition coefficient (Wildman–Crippen LogP) is 0.280. The average Bonchev–Trinajstić information content (AvgIpc) is 2.97. The van der Waals surface area contributed by atoms with Crippen molar-refractivity contribution < 1.29 is 9.59 Å². The molecule has 78 valence electrons. The molecule has 2 heterocycles. The topological polar surface area (TPSA) is 93.6 Å². The summed E-state index contributed by atoms with van der Waals surface area (Å²) in [5.41, 5.74) is 0.304. The number of nitrogens with zero attached hydrogens (tertiary/aromatic N) is 5. The van der Waals surface area contributed by atoms with Crippen LogP contribution in [0.25, 0.3) is 0 Å². The monoisotopic (exact) mass is 215 g/mol. The normalized spacial score (nSPS) is 9.69. The van der Waals surface area contributed by atoms with Gasteiger partial charge >= 0.3 is 6.03 Å². The lowest BCUT2D eigenvalue weighted by Crippen LogP contribution is -2.16. The summed E-state index contributed by atoms with van der Waals surface area (Å²) >= 11 is 0. The Morgan fingerprint density at radius 1 is 1.31 bits per heavy atom. The summed E-state index contributed by atoms with van der Waals surface area (Å²) in [7, 11) is 0. The molecule has 0 saturated carbocycles. The maximum Gasteiger partial charge on any atom is 0.338 e. The molecule has 2 aromatic rings. The van der Waals surface area contributed by atoms with Gasteiger partial charge < -0.3 is 0 Å². The van der Waals surface area contributed by atoms with Crippen LogP contribution in [-0.2, 0) is 0 Å². The number of hydrogen-bond acceptors (Lipinski definition) is 5. The highest BCUT2D eigenvalue weighted by atomic mass is 16.2. The number of hydrogen-bond donors (Lipinski definition) is 0. The third-order valence-corrected chi connectivity index (χ3v) is 1.86. The van der Waals surface area contributed by atoms with Crippen LogP contribution in [-0.4, -0.2) is 31.4 Å². The van der Waals surface area contributed by atoms with E-state index in [9.17, 15) is 9.59 Å². The molecule has 0 radical (unpaired) electrons. The summed E-state index contributed by atoms with van der Waals surface area (Å²) in [6.45, 7) is 0. The second-order valence-electron chi connectivity index (χ2n) is 2.88. The second-order valence-corrected chi connectivity index (χ2v) is 2.88. The van der Waals surface area contributed by atoms with Gasteiger partial charge in [-0.1, -0.05) is 0 Å². The fraction of sp³-hybridized carbons (Fsp3) is 0. The fourth-order valence-electron chi connectivity index (χ4n) is 1.12. The van der Waals surface area contributed by atoms with E-state index in [2.05, 4.69) is 9.97 Å². The highest BCUT2D eigenvalue weighted by molar-refractivity contribution is 5.81. The van der Waals surface area contributed by atoms with Crippen molar-refractivity contribution in [1.82, 2.24) is 19.1 Å². The summed E-state index contributed by atoms with van der Waals surface area (Å²) in [5.74, 6) is 0. The van der Waals surface area contributed by atoms with E-state index in [1.807, 2.05) is 0 Å². The van der Waals surface area contributed by atoms with E-state index in [0.717, 1.165) is 9.13 Å². The first-order valence-corrected chi connectivity index (χ1v) is 4.22. The highest BCUT2D eigenvalue weighted by Crippen LogP contribution is 1.99. The van der Waals surface area contributed by atoms with Crippen LogP contribution < -0.4 is 0 Å². The van der Waals surface area contributed by atoms with E-state index in [1.54, 1.807) is 6.07 Å². The van der Waals surface area contributed by atoms with Crippen LogP contribution in [0.1, 0.15) is 16.2 Å². The van der Waals surface area contributed by atoms with Crippen LogP contribution in [0, 0.1) is 11.3 Å². The summed E-state index contributed by atoms with van der Waals surface area (Å²) in [6.07, 6.45) is 5.57. The maximum atomic E-state index is 11.7. The first kappa shape index (κ1) is 9.79. The Bertz CT molecular complexity index is 589. The Morgan fingerprint density at radius 3 is 2.56 bits per heavy atom. The number of nitriles is 1. The highest BCUT2D eigenvalue weighted by Gasteiger charge is 2.09. The first-order valence-electron chi connectivity index (χ1n) is 4.22. The van der Waals surface area contributed by atoms with Crippen molar-refractivity contribution in [3.63, 3.8) is 0 Å². The number of carbonyl (C=O) groups is 2. The van der Waals surface area contributed by atoms with Gasteiger partial charge in [0.1, 0.15) is 24.4 Å². The molecule has 0 spiro atoms. The lowest BCUT2D eigenvalue weighted by Gasteiger charge is -1.98. The van der Waals surface area contributed by atoms with Crippen molar-refractivity contribution >= 4 is 12.3 Å². The number of rotatable bonds is 1. The van der Waals surface area contributed by atoms with Crippen LogP contribution in [0.15, 0.2) is 25.0 Å². The minimum absolute atomic E-state index is 0.143. The molecule has 0 fully saturated rings. The Balaban J connectivity index is 2.31. The Hall–Kier alpha value is -2.75. The smallest absolute Gasteiger partial charge is 0.296 e. The molecule has 0 saturated heterocycles. The zero-order valence-corrected chi connectivity index (χ0v) is 7.94. The van der Waals surface area contributed by atoms with Gasteiger partial charge in [0.2, 0.25) is 0 Å². The largest absolute Gasteiger partial charge is 0.338 e. The maximum absolute atomic E-state index is 11.7. The van der Waals surface area contributed by atoms with Crippen molar-refractivity contribution in [1.29, 1.82) is 5.26 Å². The molecular weight excluding hydrogens is 210 g/mol. The first-order chi connectivity index (χ1) is 7.74. The Labute approximate surface area is 89.6 Å². The summed E-state index contributed by atoms with van der Waals surface area (Å²) < 4.78 is 2.27. The SMILES string of the molecule is N#Cc1cn(C(=O)n2cnc(C=O)c2)cn1. The minimum Gasteiger partial charge on any atom is -0.296 e. The molecule has 2 aromatic heterocycles. The van der Waals surface area contributed by atoms with E-state index in [4.69, 9.17) is 5.26 Å². The average molecular weight is 215 g/mol. The van der Waals surface area contributed by atoms with Gasteiger partial charge in [-0.15, -0.1) is 0 Å². The number of carbonyl (C=O) groups excluding carboxylic acids is 2. The molecular formula is C9H5N5O2. The summed E-state index contributed by atoms with van der Waals surface area (Å²) in [4.78, 5) is 29.5. The van der Waals surface area contributed by atoms with Crippen LogP contribution in [0.3, 0.4) is 0 Å². The van der Waals surface area contributed by atoms with Crippen LogP contribution in [0.2, 0.25) is 0 Å². The second kappa shape index (κ2) is 3.78. The van der Waals surface area contributed by atoms with E-state index in [-0.39, 0.29) is 11.4 Å². The lowest BCUT2D eigenvalue weighted by atomic mass is 10.5.